The average molecular weight is 401 g/mol. The smallest absolute Gasteiger partial charge is 0.362 e. The van der Waals surface area contributed by atoms with E-state index < -0.39 is 11.7 Å². The van der Waals surface area contributed by atoms with Crippen LogP contribution in [0.4, 0.5) is 18.9 Å². The Bertz CT molecular complexity index is 735. The van der Waals surface area contributed by atoms with E-state index in [2.05, 4.69) is 29.7 Å². The Morgan fingerprint density at radius 3 is 2.46 bits per heavy atom. The lowest BCUT2D eigenvalue weighted by atomic mass is 9.97. The summed E-state index contributed by atoms with van der Waals surface area (Å²) in [5.41, 5.74) is 0.602. The van der Waals surface area contributed by atoms with Crippen molar-refractivity contribution in [1.29, 1.82) is 0 Å². The Morgan fingerprint density at radius 1 is 1.15 bits per heavy atom. The zero-order chi connectivity index (χ0) is 19.2. The lowest BCUT2D eigenvalue weighted by Crippen LogP contribution is -2.33. The van der Waals surface area contributed by atoms with Crippen LogP contribution >= 0.6 is 23.8 Å². The lowest BCUT2D eigenvalue weighted by Gasteiger charge is -2.18. The minimum Gasteiger partial charge on any atom is -0.362 e. The first-order valence-corrected chi connectivity index (χ1v) is 9.03. The average Bonchev–Trinajstić information content (AvgIpc) is 2.60. The van der Waals surface area contributed by atoms with Crippen LogP contribution in [0.25, 0.3) is 0 Å². The van der Waals surface area contributed by atoms with Gasteiger partial charge in [-0.05, 0) is 48.3 Å². The number of hydrogen-bond donors (Lipinski definition) is 2. The van der Waals surface area contributed by atoms with Crippen LogP contribution in [-0.4, -0.2) is 11.7 Å². The number of alkyl halides is 3. The van der Waals surface area contributed by atoms with Crippen molar-refractivity contribution >= 4 is 34.6 Å². The van der Waals surface area contributed by atoms with Gasteiger partial charge in [0, 0.05) is 12.2 Å². The standard InChI is InChI=1S/C19H20ClF3N2S/c1-2-13(10-14-6-4-3-5-7-14)12-24-18(26)25-15-8-9-17(20)16(11-15)19(21,22)23/h3-9,11,13H,2,10,12H2,1H3,(H2,24,25,26). The molecule has 2 aromatic carbocycles. The molecule has 2 rings (SSSR count). The fourth-order valence-corrected chi connectivity index (χ4v) is 2.97. The molecule has 2 N–H and O–H groups in total. The number of hydrogen-bond acceptors (Lipinski definition) is 1. The van der Waals surface area contributed by atoms with Crippen molar-refractivity contribution in [1.82, 2.24) is 5.32 Å². The zero-order valence-electron chi connectivity index (χ0n) is 14.2. The Balaban J connectivity index is 1.92. The molecule has 0 saturated heterocycles. The summed E-state index contributed by atoms with van der Waals surface area (Å²) in [6, 6.07) is 13.8. The van der Waals surface area contributed by atoms with Gasteiger partial charge in [-0.1, -0.05) is 55.3 Å². The molecule has 26 heavy (non-hydrogen) atoms. The zero-order valence-corrected chi connectivity index (χ0v) is 15.8. The summed E-state index contributed by atoms with van der Waals surface area (Å²) < 4.78 is 38.7. The first-order chi connectivity index (χ1) is 12.3. The maximum absolute atomic E-state index is 12.9. The second-order valence-corrected chi connectivity index (χ2v) is 6.81. The molecule has 2 aromatic rings. The van der Waals surface area contributed by atoms with E-state index in [9.17, 15) is 13.2 Å². The van der Waals surface area contributed by atoms with Crippen molar-refractivity contribution in [3.63, 3.8) is 0 Å². The second-order valence-electron chi connectivity index (χ2n) is 5.99. The third-order valence-electron chi connectivity index (χ3n) is 4.03. The summed E-state index contributed by atoms with van der Waals surface area (Å²) >= 11 is 10.8. The Kier molecular flexibility index (Phi) is 7.29. The lowest BCUT2D eigenvalue weighted by molar-refractivity contribution is -0.137. The molecule has 0 aromatic heterocycles. The molecule has 0 aliphatic rings. The summed E-state index contributed by atoms with van der Waals surface area (Å²) in [5.74, 6) is 0.369. The third kappa shape index (κ3) is 6.18. The van der Waals surface area contributed by atoms with E-state index >= 15 is 0 Å². The van der Waals surface area contributed by atoms with Gasteiger partial charge in [-0.25, -0.2) is 0 Å². The molecule has 140 valence electrons. The Hall–Kier alpha value is -1.79. The number of halogens is 4. The van der Waals surface area contributed by atoms with Gasteiger partial charge in [0.1, 0.15) is 0 Å². The van der Waals surface area contributed by atoms with Crippen molar-refractivity contribution < 1.29 is 13.2 Å². The largest absolute Gasteiger partial charge is 0.417 e. The summed E-state index contributed by atoms with van der Waals surface area (Å²) in [7, 11) is 0. The van der Waals surface area contributed by atoms with E-state index in [0.29, 0.717) is 12.5 Å². The first-order valence-electron chi connectivity index (χ1n) is 8.25. The van der Waals surface area contributed by atoms with E-state index in [1.54, 1.807) is 0 Å². The minimum absolute atomic E-state index is 0.246. The molecule has 0 aliphatic carbocycles. The molecular formula is C19H20ClF3N2S. The summed E-state index contributed by atoms with van der Waals surface area (Å²) in [6.45, 7) is 2.73. The Labute approximate surface area is 161 Å². The first kappa shape index (κ1) is 20.5. The molecule has 1 unspecified atom stereocenters. The van der Waals surface area contributed by atoms with Gasteiger partial charge < -0.3 is 10.6 Å². The van der Waals surface area contributed by atoms with Crippen LogP contribution in [0.2, 0.25) is 5.02 Å². The minimum atomic E-state index is -4.51. The van der Waals surface area contributed by atoms with Crippen molar-refractivity contribution in [2.75, 3.05) is 11.9 Å². The molecule has 0 fully saturated rings. The number of thiocarbonyl (C=S) groups is 1. The van der Waals surface area contributed by atoms with Gasteiger partial charge in [-0.2, -0.15) is 13.2 Å². The van der Waals surface area contributed by atoms with E-state index in [1.165, 1.54) is 17.7 Å². The predicted octanol–water partition coefficient (Wildman–Crippen LogP) is 5.91. The highest BCUT2D eigenvalue weighted by molar-refractivity contribution is 7.80. The monoisotopic (exact) mass is 400 g/mol. The van der Waals surface area contributed by atoms with Crippen molar-refractivity contribution in [2.24, 2.45) is 5.92 Å². The molecular weight excluding hydrogens is 381 g/mol. The summed E-state index contributed by atoms with van der Waals surface area (Å²) in [5, 5.41) is 5.81. The van der Waals surface area contributed by atoms with E-state index in [-0.39, 0.29) is 15.8 Å². The van der Waals surface area contributed by atoms with Crippen LogP contribution in [0.5, 0.6) is 0 Å². The summed E-state index contributed by atoms with van der Waals surface area (Å²) in [4.78, 5) is 0. The fraction of sp³-hybridized carbons (Fsp3) is 0.316. The third-order valence-corrected chi connectivity index (χ3v) is 4.60. The quantitative estimate of drug-likeness (QED) is 0.589. The second kappa shape index (κ2) is 9.24. The molecule has 0 aliphatic heterocycles. The number of benzene rings is 2. The molecule has 1 atom stereocenters. The number of rotatable bonds is 6. The highest BCUT2D eigenvalue weighted by Crippen LogP contribution is 2.36. The van der Waals surface area contributed by atoms with Crippen LogP contribution in [0.3, 0.4) is 0 Å². The van der Waals surface area contributed by atoms with Gasteiger partial charge in [0.25, 0.3) is 0 Å². The van der Waals surface area contributed by atoms with Gasteiger partial charge >= 0.3 is 6.18 Å². The van der Waals surface area contributed by atoms with Crippen molar-refractivity contribution in [3.8, 4) is 0 Å². The van der Waals surface area contributed by atoms with Gasteiger partial charge in [0.05, 0.1) is 10.6 Å². The van der Waals surface area contributed by atoms with Gasteiger partial charge in [-0.3, -0.25) is 0 Å². The van der Waals surface area contributed by atoms with Crippen LogP contribution in [0.1, 0.15) is 24.5 Å². The van der Waals surface area contributed by atoms with Crippen LogP contribution in [0.15, 0.2) is 48.5 Å². The maximum atomic E-state index is 12.9. The maximum Gasteiger partial charge on any atom is 0.417 e. The number of anilines is 1. The van der Waals surface area contributed by atoms with Crippen LogP contribution < -0.4 is 10.6 Å². The van der Waals surface area contributed by atoms with Gasteiger partial charge in [0.15, 0.2) is 5.11 Å². The SMILES string of the molecule is CCC(CNC(=S)Nc1ccc(Cl)c(C(F)(F)F)c1)Cc1ccccc1. The molecule has 0 radical (unpaired) electrons. The highest BCUT2D eigenvalue weighted by atomic mass is 35.5. The highest BCUT2D eigenvalue weighted by Gasteiger charge is 2.33. The predicted molar refractivity (Wildman–Crippen MR) is 105 cm³/mol. The van der Waals surface area contributed by atoms with Crippen molar-refractivity contribution in [3.05, 3.63) is 64.7 Å². The van der Waals surface area contributed by atoms with Crippen molar-refractivity contribution in [2.45, 2.75) is 25.9 Å². The number of nitrogens with one attached hydrogen (secondary N) is 2. The topological polar surface area (TPSA) is 24.1 Å². The Morgan fingerprint density at radius 2 is 1.85 bits per heavy atom. The van der Waals surface area contributed by atoms with Gasteiger partial charge in [0.2, 0.25) is 0 Å². The molecule has 7 heteroatoms. The van der Waals surface area contributed by atoms with E-state index in [1.807, 2.05) is 18.2 Å². The van der Waals surface area contributed by atoms with E-state index in [4.69, 9.17) is 23.8 Å². The molecule has 0 bridgehead atoms. The molecule has 0 saturated carbocycles. The van der Waals surface area contributed by atoms with Crippen LogP contribution in [0, 0.1) is 5.92 Å². The molecule has 2 nitrogen and oxygen atoms in total. The molecule has 0 heterocycles. The van der Waals surface area contributed by atoms with E-state index in [0.717, 1.165) is 18.9 Å². The van der Waals surface area contributed by atoms with Gasteiger partial charge in [-0.15, -0.1) is 0 Å². The molecule has 0 amide bonds. The van der Waals surface area contributed by atoms with Crippen LogP contribution in [-0.2, 0) is 12.6 Å². The molecule has 0 spiro atoms. The normalized spacial score (nSPS) is 12.5. The fourth-order valence-electron chi connectivity index (χ4n) is 2.54. The summed E-state index contributed by atoms with van der Waals surface area (Å²) in [6.07, 6.45) is -2.64.